The van der Waals surface area contributed by atoms with Crippen molar-refractivity contribution in [2.24, 2.45) is 0 Å². The van der Waals surface area contributed by atoms with E-state index in [9.17, 15) is 14.7 Å². The van der Waals surface area contributed by atoms with Gasteiger partial charge < -0.3 is 19.9 Å². The summed E-state index contributed by atoms with van der Waals surface area (Å²) in [5, 5.41) is 12.2. The number of carbonyl (C=O) groups excluding carboxylic acids is 1. The summed E-state index contributed by atoms with van der Waals surface area (Å²) < 4.78 is 11.3. The normalized spacial score (nSPS) is 18.6. The maximum absolute atomic E-state index is 12.1. The first-order chi connectivity index (χ1) is 14.6. The third-order valence-corrected chi connectivity index (χ3v) is 5.34. The SMILES string of the molecule is CCCCCCCCCCNC(=O)OC1CCN(C(=O)O)C(Oc2ccccc2)C1. The van der Waals surface area contributed by atoms with Crippen molar-refractivity contribution in [1.82, 2.24) is 10.2 Å². The molecule has 0 radical (unpaired) electrons. The monoisotopic (exact) mass is 420 g/mol. The number of rotatable bonds is 12. The van der Waals surface area contributed by atoms with E-state index < -0.39 is 18.4 Å². The van der Waals surface area contributed by atoms with Crippen LogP contribution in [0.3, 0.4) is 0 Å². The average molecular weight is 421 g/mol. The van der Waals surface area contributed by atoms with E-state index >= 15 is 0 Å². The molecule has 1 aromatic carbocycles. The zero-order chi connectivity index (χ0) is 21.6. The van der Waals surface area contributed by atoms with E-state index in [0.29, 0.717) is 25.1 Å². The number of carboxylic acid groups (broad SMARTS) is 1. The minimum Gasteiger partial charge on any atom is -0.470 e. The fourth-order valence-corrected chi connectivity index (χ4v) is 3.63. The van der Waals surface area contributed by atoms with Crippen molar-refractivity contribution in [2.75, 3.05) is 13.1 Å². The van der Waals surface area contributed by atoms with Gasteiger partial charge in [0.2, 0.25) is 0 Å². The Morgan fingerprint density at radius 1 is 1.07 bits per heavy atom. The van der Waals surface area contributed by atoms with Crippen molar-refractivity contribution in [1.29, 1.82) is 0 Å². The number of para-hydroxylation sites is 1. The highest BCUT2D eigenvalue weighted by atomic mass is 16.6. The number of nitrogens with zero attached hydrogens (tertiary/aromatic N) is 1. The maximum atomic E-state index is 12.1. The summed E-state index contributed by atoms with van der Waals surface area (Å²) in [6.45, 7) is 3.09. The smallest absolute Gasteiger partial charge is 0.410 e. The van der Waals surface area contributed by atoms with E-state index in [1.165, 1.54) is 43.4 Å². The molecule has 2 amide bonds. The summed E-state index contributed by atoms with van der Waals surface area (Å²) in [6, 6.07) is 9.08. The van der Waals surface area contributed by atoms with Gasteiger partial charge in [0.25, 0.3) is 0 Å². The minimum absolute atomic E-state index is 0.267. The van der Waals surface area contributed by atoms with Crippen LogP contribution in [0.25, 0.3) is 0 Å². The first-order valence-electron chi connectivity index (χ1n) is 11.3. The number of ether oxygens (including phenoxy) is 2. The molecular formula is C23H36N2O5. The van der Waals surface area contributed by atoms with Crippen LogP contribution in [-0.4, -0.2) is 47.6 Å². The lowest BCUT2D eigenvalue weighted by atomic mass is 10.1. The number of hydrogen-bond acceptors (Lipinski definition) is 4. The molecular weight excluding hydrogens is 384 g/mol. The Balaban J connectivity index is 1.66. The van der Waals surface area contributed by atoms with Crippen LogP contribution in [0.4, 0.5) is 9.59 Å². The Hall–Kier alpha value is -2.44. The molecule has 1 aliphatic rings. The van der Waals surface area contributed by atoms with E-state index in [4.69, 9.17) is 9.47 Å². The highest BCUT2D eigenvalue weighted by Crippen LogP contribution is 2.24. The number of carbonyl (C=O) groups is 2. The highest BCUT2D eigenvalue weighted by Gasteiger charge is 2.35. The van der Waals surface area contributed by atoms with E-state index in [1.54, 1.807) is 12.1 Å². The summed E-state index contributed by atoms with van der Waals surface area (Å²) in [6.07, 6.45) is 7.96. The van der Waals surface area contributed by atoms with Crippen LogP contribution in [0.1, 0.15) is 71.1 Å². The Morgan fingerprint density at radius 3 is 2.40 bits per heavy atom. The van der Waals surface area contributed by atoms with Gasteiger partial charge in [0, 0.05) is 25.9 Å². The summed E-state index contributed by atoms with van der Waals surface area (Å²) in [5.41, 5.74) is 0. The van der Waals surface area contributed by atoms with Gasteiger partial charge in [0.05, 0.1) is 0 Å². The molecule has 7 nitrogen and oxygen atoms in total. The third-order valence-electron chi connectivity index (χ3n) is 5.34. The van der Waals surface area contributed by atoms with Gasteiger partial charge in [-0.2, -0.15) is 0 Å². The lowest BCUT2D eigenvalue weighted by Gasteiger charge is -2.37. The molecule has 1 fully saturated rings. The highest BCUT2D eigenvalue weighted by molar-refractivity contribution is 5.67. The van der Waals surface area contributed by atoms with E-state index in [1.807, 2.05) is 18.2 Å². The van der Waals surface area contributed by atoms with Crippen LogP contribution in [0.2, 0.25) is 0 Å². The molecule has 1 aliphatic heterocycles. The van der Waals surface area contributed by atoms with Crippen LogP contribution >= 0.6 is 0 Å². The standard InChI is InChI=1S/C23H36N2O5/c1-2-3-4-5-6-7-8-12-16-24-22(26)30-20-15-17-25(23(27)28)21(18-20)29-19-13-10-9-11-14-19/h9-11,13-14,20-21H,2-8,12,15-18H2,1H3,(H,24,26)(H,27,28). The average Bonchev–Trinajstić information content (AvgIpc) is 2.73. The molecule has 0 aliphatic carbocycles. The summed E-state index contributed by atoms with van der Waals surface area (Å²) in [7, 11) is 0. The lowest BCUT2D eigenvalue weighted by Crippen LogP contribution is -2.51. The van der Waals surface area contributed by atoms with Gasteiger partial charge in [-0.1, -0.05) is 70.1 Å². The number of piperidine rings is 1. The number of hydrogen-bond donors (Lipinski definition) is 2. The van der Waals surface area contributed by atoms with Crippen LogP contribution in [-0.2, 0) is 4.74 Å². The quantitative estimate of drug-likeness (QED) is 0.442. The molecule has 0 aromatic heterocycles. The molecule has 2 unspecified atom stereocenters. The van der Waals surface area contributed by atoms with Crippen LogP contribution in [0, 0.1) is 0 Å². The molecule has 2 rings (SSSR count). The molecule has 0 spiro atoms. The van der Waals surface area contributed by atoms with Gasteiger partial charge in [0.1, 0.15) is 11.9 Å². The minimum atomic E-state index is -1.03. The number of benzene rings is 1. The van der Waals surface area contributed by atoms with Crippen molar-refractivity contribution in [2.45, 2.75) is 83.5 Å². The van der Waals surface area contributed by atoms with Gasteiger partial charge in [0.15, 0.2) is 6.23 Å². The van der Waals surface area contributed by atoms with Crippen molar-refractivity contribution in [3.63, 3.8) is 0 Å². The molecule has 1 heterocycles. The zero-order valence-corrected chi connectivity index (χ0v) is 18.1. The number of nitrogens with one attached hydrogen (secondary N) is 1. The summed E-state index contributed by atoms with van der Waals surface area (Å²) in [5.74, 6) is 0.591. The molecule has 7 heteroatoms. The fourth-order valence-electron chi connectivity index (χ4n) is 3.63. The molecule has 0 bridgehead atoms. The Labute approximate surface area is 179 Å². The topological polar surface area (TPSA) is 88.1 Å². The molecule has 0 saturated carbocycles. The Bertz CT molecular complexity index is 625. The number of likely N-dealkylation sites (tertiary alicyclic amines) is 1. The van der Waals surface area contributed by atoms with E-state index in [0.717, 1.165) is 12.8 Å². The second-order valence-electron chi connectivity index (χ2n) is 7.81. The molecule has 2 atom stereocenters. The van der Waals surface area contributed by atoms with Gasteiger partial charge in [-0.15, -0.1) is 0 Å². The van der Waals surface area contributed by atoms with Crippen molar-refractivity contribution in [3.8, 4) is 5.75 Å². The second kappa shape index (κ2) is 13.7. The molecule has 1 aromatic rings. The van der Waals surface area contributed by atoms with Crippen molar-refractivity contribution < 1.29 is 24.2 Å². The third kappa shape index (κ3) is 8.93. The van der Waals surface area contributed by atoms with Crippen LogP contribution in [0.15, 0.2) is 30.3 Å². The van der Waals surface area contributed by atoms with Crippen molar-refractivity contribution in [3.05, 3.63) is 30.3 Å². The van der Waals surface area contributed by atoms with Crippen molar-refractivity contribution >= 4 is 12.2 Å². The molecule has 30 heavy (non-hydrogen) atoms. The first kappa shape index (κ1) is 23.8. The van der Waals surface area contributed by atoms with Crippen LogP contribution in [0.5, 0.6) is 5.75 Å². The number of amides is 2. The maximum Gasteiger partial charge on any atom is 0.410 e. The summed E-state index contributed by atoms with van der Waals surface area (Å²) in [4.78, 5) is 24.9. The lowest BCUT2D eigenvalue weighted by molar-refractivity contribution is -0.0435. The van der Waals surface area contributed by atoms with E-state index in [-0.39, 0.29) is 12.6 Å². The summed E-state index contributed by atoms with van der Waals surface area (Å²) >= 11 is 0. The predicted octanol–water partition coefficient (Wildman–Crippen LogP) is 5.40. The van der Waals surface area contributed by atoms with Gasteiger partial charge in [-0.05, 0) is 18.6 Å². The molecule has 168 valence electrons. The molecule has 1 saturated heterocycles. The van der Waals surface area contributed by atoms with Gasteiger partial charge >= 0.3 is 12.2 Å². The van der Waals surface area contributed by atoms with Gasteiger partial charge in [-0.3, -0.25) is 4.90 Å². The van der Waals surface area contributed by atoms with Crippen LogP contribution < -0.4 is 10.1 Å². The fraction of sp³-hybridized carbons (Fsp3) is 0.652. The predicted molar refractivity (Wildman–Crippen MR) is 116 cm³/mol. The number of unbranched alkanes of at least 4 members (excludes halogenated alkanes) is 7. The Kier molecular flexibility index (Phi) is 10.9. The largest absolute Gasteiger partial charge is 0.470 e. The van der Waals surface area contributed by atoms with Gasteiger partial charge in [-0.25, -0.2) is 9.59 Å². The zero-order valence-electron chi connectivity index (χ0n) is 18.1. The van der Waals surface area contributed by atoms with E-state index in [2.05, 4.69) is 12.2 Å². The molecule has 2 N–H and O–H groups in total. The second-order valence-corrected chi connectivity index (χ2v) is 7.81. The Morgan fingerprint density at radius 2 is 1.73 bits per heavy atom. The number of alkyl carbamates (subject to hydrolysis) is 1. The first-order valence-corrected chi connectivity index (χ1v) is 11.3.